The summed E-state index contributed by atoms with van der Waals surface area (Å²) in [5, 5.41) is 6.42. The first-order chi connectivity index (χ1) is 9.99. The summed E-state index contributed by atoms with van der Waals surface area (Å²) in [7, 11) is 0. The molecule has 0 aliphatic rings. The Labute approximate surface area is 131 Å². The predicted molar refractivity (Wildman–Crippen MR) is 85.2 cm³/mol. The number of hydrogen-bond acceptors (Lipinski definition) is 4. The number of nitrogens with one attached hydrogen (secondary N) is 2. The van der Waals surface area contributed by atoms with Gasteiger partial charge in [0.2, 0.25) is 5.91 Å². The number of amides is 2. The van der Waals surface area contributed by atoms with E-state index in [2.05, 4.69) is 15.6 Å². The van der Waals surface area contributed by atoms with E-state index < -0.39 is 0 Å². The average molecular weight is 324 g/mol. The number of anilines is 2. The van der Waals surface area contributed by atoms with E-state index in [0.29, 0.717) is 28.0 Å². The summed E-state index contributed by atoms with van der Waals surface area (Å²) in [5.74, 6) is -0.448. The summed E-state index contributed by atoms with van der Waals surface area (Å²) < 4.78 is 0. The third-order valence-electron chi connectivity index (χ3n) is 2.68. The summed E-state index contributed by atoms with van der Waals surface area (Å²) in [6, 6.07) is 6.80. The van der Waals surface area contributed by atoms with Gasteiger partial charge in [0.15, 0.2) is 5.13 Å². The molecule has 2 N–H and O–H groups in total. The normalized spacial score (nSPS) is 10.2. The first kappa shape index (κ1) is 15.5. The van der Waals surface area contributed by atoms with E-state index in [1.54, 1.807) is 38.1 Å². The number of aromatic nitrogens is 1. The lowest BCUT2D eigenvalue weighted by atomic mass is 10.3. The predicted octanol–water partition coefficient (Wildman–Crippen LogP) is 3.71. The monoisotopic (exact) mass is 323 g/mol. The van der Waals surface area contributed by atoms with E-state index in [1.165, 1.54) is 11.3 Å². The zero-order valence-electron chi connectivity index (χ0n) is 11.6. The summed E-state index contributed by atoms with van der Waals surface area (Å²) >= 11 is 7.07. The van der Waals surface area contributed by atoms with Crippen molar-refractivity contribution in [3.05, 3.63) is 39.9 Å². The van der Waals surface area contributed by atoms with Crippen LogP contribution in [-0.2, 0) is 4.79 Å². The molecule has 0 aliphatic heterocycles. The van der Waals surface area contributed by atoms with Gasteiger partial charge in [-0.3, -0.25) is 9.59 Å². The van der Waals surface area contributed by atoms with Crippen LogP contribution in [0.4, 0.5) is 10.8 Å². The second kappa shape index (κ2) is 6.69. The van der Waals surface area contributed by atoms with Crippen LogP contribution in [0, 0.1) is 6.92 Å². The van der Waals surface area contributed by atoms with Crippen molar-refractivity contribution in [2.24, 2.45) is 0 Å². The minimum absolute atomic E-state index is 0.131. The number of hydrogen-bond donors (Lipinski definition) is 2. The second-order valence-electron chi connectivity index (χ2n) is 4.29. The largest absolute Gasteiger partial charge is 0.321 e. The van der Waals surface area contributed by atoms with Crippen molar-refractivity contribution >= 4 is 45.6 Å². The van der Waals surface area contributed by atoms with Crippen molar-refractivity contribution in [1.29, 1.82) is 0 Å². The third kappa shape index (κ3) is 4.03. The fourth-order valence-corrected chi connectivity index (χ4v) is 2.54. The van der Waals surface area contributed by atoms with Gasteiger partial charge in [-0.2, -0.15) is 0 Å². The van der Waals surface area contributed by atoms with Gasteiger partial charge in [-0.15, -0.1) is 11.3 Å². The van der Waals surface area contributed by atoms with Gasteiger partial charge >= 0.3 is 0 Å². The molecule has 110 valence electrons. The molecule has 1 heterocycles. The quantitative estimate of drug-likeness (QED) is 0.901. The molecule has 21 heavy (non-hydrogen) atoms. The molecule has 1 aromatic heterocycles. The molecular formula is C14H14ClN3O2S. The maximum absolute atomic E-state index is 12.2. The smallest absolute Gasteiger partial charge is 0.275 e. The van der Waals surface area contributed by atoms with E-state index in [-0.39, 0.29) is 11.8 Å². The van der Waals surface area contributed by atoms with Crippen molar-refractivity contribution in [2.75, 3.05) is 10.6 Å². The molecule has 0 fully saturated rings. The molecule has 0 aliphatic carbocycles. The minimum atomic E-state index is -0.317. The lowest BCUT2D eigenvalue weighted by Crippen LogP contribution is -2.14. The Morgan fingerprint density at radius 3 is 2.52 bits per heavy atom. The van der Waals surface area contributed by atoms with Crippen molar-refractivity contribution in [1.82, 2.24) is 4.98 Å². The number of aryl methyl sites for hydroxylation is 1. The topological polar surface area (TPSA) is 71.1 Å². The molecule has 1 aromatic carbocycles. The van der Waals surface area contributed by atoms with Gasteiger partial charge in [-0.1, -0.05) is 18.5 Å². The highest BCUT2D eigenvalue weighted by atomic mass is 35.5. The molecule has 2 aromatic rings. The van der Waals surface area contributed by atoms with Crippen LogP contribution in [-0.4, -0.2) is 16.8 Å². The second-order valence-corrected chi connectivity index (χ2v) is 5.93. The van der Waals surface area contributed by atoms with Gasteiger partial charge < -0.3 is 10.6 Å². The van der Waals surface area contributed by atoms with Crippen LogP contribution in [0.2, 0.25) is 5.02 Å². The van der Waals surface area contributed by atoms with E-state index in [0.717, 1.165) is 4.88 Å². The minimum Gasteiger partial charge on any atom is -0.321 e. The van der Waals surface area contributed by atoms with Crippen molar-refractivity contribution in [3.8, 4) is 0 Å². The Hall–Kier alpha value is -1.92. The molecule has 7 heteroatoms. The SMILES string of the molecule is CCC(=O)Nc1nc(C(=O)Nc2ccc(Cl)cc2)c(C)s1. The Morgan fingerprint density at radius 1 is 1.24 bits per heavy atom. The first-order valence-corrected chi connectivity index (χ1v) is 7.53. The fraction of sp³-hybridized carbons (Fsp3) is 0.214. The molecule has 2 rings (SSSR count). The Balaban J connectivity index is 2.12. The Kier molecular flexibility index (Phi) is 4.93. The van der Waals surface area contributed by atoms with Crippen LogP contribution in [0.3, 0.4) is 0 Å². The van der Waals surface area contributed by atoms with Gasteiger partial charge in [0.05, 0.1) is 0 Å². The lowest BCUT2D eigenvalue weighted by Gasteiger charge is -2.03. The highest BCUT2D eigenvalue weighted by molar-refractivity contribution is 7.16. The molecule has 0 radical (unpaired) electrons. The van der Waals surface area contributed by atoms with Gasteiger partial charge in [-0.25, -0.2) is 4.98 Å². The van der Waals surface area contributed by atoms with E-state index in [9.17, 15) is 9.59 Å². The highest BCUT2D eigenvalue weighted by Crippen LogP contribution is 2.23. The summed E-state index contributed by atoms with van der Waals surface area (Å²) in [6.45, 7) is 3.54. The van der Waals surface area contributed by atoms with Crippen LogP contribution in [0.5, 0.6) is 0 Å². The van der Waals surface area contributed by atoms with Crippen molar-refractivity contribution in [2.45, 2.75) is 20.3 Å². The molecule has 0 spiro atoms. The van der Waals surface area contributed by atoms with Gasteiger partial charge in [0.25, 0.3) is 5.91 Å². The van der Waals surface area contributed by atoms with Gasteiger partial charge in [0.1, 0.15) is 5.69 Å². The number of benzene rings is 1. The molecule has 2 amide bonds. The summed E-state index contributed by atoms with van der Waals surface area (Å²) in [6.07, 6.45) is 0.366. The van der Waals surface area contributed by atoms with Crippen LogP contribution >= 0.6 is 22.9 Å². The molecule has 0 bridgehead atoms. The van der Waals surface area contributed by atoms with Crippen LogP contribution in [0.25, 0.3) is 0 Å². The summed E-state index contributed by atoms with van der Waals surface area (Å²) in [5.41, 5.74) is 0.942. The van der Waals surface area contributed by atoms with Crippen molar-refractivity contribution < 1.29 is 9.59 Å². The van der Waals surface area contributed by atoms with Crippen molar-refractivity contribution in [3.63, 3.8) is 0 Å². The average Bonchev–Trinajstić information content (AvgIpc) is 2.82. The number of halogens is 1. The summed E-state index contributed by atoms with van der Waals surface area (Å²) in [4.78, 5) is 28.4. The van der Waals surface area contributed by atoms with Crippen LogP contribution < -0.4 is 10.6 Å². The Bertz CT molecular complexity index is 667. The maximum atomic E-state index is 12.2. The zero-order valence-corrected chi connectivity index (χ0v) is 13.1. The molecular weight excluding hydrogens is 310 g/mol. The Morgan fingerprint density at radius 2 is 1.90 bits per heavy atom. The molecule has 0 saturated heterocycles. The molecule has 0 unspecified atom stereocenters. The zero-order chi connectivity index (χ0) is 15.4. The van der Waals surface area contributed by atoms with E-state index in [1.807, 2.05) is 0 Å². The first-order valence-electron chi connectivity index (χ1n) is 6.33. The van der Waals surface area contributed by atoms with E-state index in [4.69, 9.17) is 11.6 Å². The van der Waals surface area contributed by atoms with E-state index >= 15 is 0 Å². The highest BCUT2D eigenvalue weighted by Gasteiger charge is 2.16. The van der Waals surface area contributed by atoms with Crippen LogP contribution in [0.1, 0.15) is 28.7 Å². The van der Waals surface area contributed by atoms with Gasteiger partial charge in [0, 0.05) is 22.0 Å². The maximum Gasteiger partial charge on any atom is 0.275 e. The number of carbonyl (C=O) groups is 2. The van der Waals surface area contributed by atoms with Gasteiger partial charge in [-0.05, 0) is 31.2 Å². The fourth-order valence-electron chi connectivity index (χ4n) is 1.59. The molecule has 5 nitrogen and oxygen atoms in total. The third-order valence-corrected chi connectivity index (χ3v) is 3.82. The number of rotatable bonds is 4. The number of carbonyl (C=O) groups excluding carboxylic acids is 2. The standard InChI is InChI=1S/C14H14ClN3O2S/c1-3-11(19)17-14-18-12(8(2)21-14)13(20)16-10-6-4-9(15)5-7-10/h4-7H,3H2,1-2H3,(H,16,20)(H,17,18,19). The number of nitrogens with zero attached hydrogens (tertiary/aromatic N) is 1. The van der Waals surface area contributed by atoms with Crippen LogP contribution in [0.15, 0.2) is 24.3 Å². The number of thiazole rings is 1. The lowest BCUT2D eigenvalue weighted by molar-refractivity contribution is -0.115. The molecule has 0 saturated carbocycles. The molecule has 0 atom stereocenters.